The first-order valence-corrected chi connectivity index (χ1v) is 44.6. The van der Waals surface area contributed by atoms with Crippen molar-refractivity contribution in [3.05, 3.63) is 180 Å². The molecule has 0 aliphatic heterocycles. The summed E-state index contributed by atoms with van der Waals surface area (Å²) in [6.07, 6.45) is 42.9. The summed E-state index contributed by atoms with van der Waals surface area (Å²) in [5.74, 6) is 21.6. The van der Waals surface area contributed by atoms with Crippen LogP contribution in [0.5, 0.6) is 0 Å². The molecule has 0 bridgehead atoms. The summed E-state index contributed by atoms with van der Waals surface area (Å²) < 4.78 is 0. The van der Waals surface area contributed by atoms with Crippen molar-refractivity contribution < 1.29 is 0 Å². The van der Waals surface area contributed by atoms with Crippen molar-refractivity contribution in [3.8, 4) is 0 Å². The average molecular weight is 1410 g/mol. The zero-order valence-corrected chi connectivity index (χ0v) is 70.5. The summed E-state index contributed by atoms with van der Waals surface area (Å²) in [5.41, 5.74) is 5.69. The van der Waals surface area contributed by atoms with Crippen LogP contribution in [-0.2, 0) is 0 Å². The molecule has 9 aliphatic carbocycles. The molecule has 0 N–H and O–H groups in total. The Morgan fingerprint density at radius 2 is 0.596 bits per heavy atom. The van der Waals surface area contributed by atoms with Crippen molar-refractivity contribution in [2.24, 2.45) is 107 Å². The van der Waals surface area contributed by atoms with Gasteiger partial charge in [0, 0.05) is 0 Å². The van der Waals surface area contributed by atoms with Crippen molar-refractivity contribution in [1.82, 2.24) is 0 Å². The van der Waals surface area contributed by atoms with Crippen LogP contribution in [0.1, 0.15) is 350 Å². The van der Waals surface area contributed by atoms with Crippen LogP contribution in [-0.4, -0.2) is 0 Å². The lowest BCUT2D eigenvalue weighted by Crippen LogP contribution is -2.27. The van der Waals surface area contributed by atoms with Gasteiger partial charge in [-0.25, -0.2) is 0 Å². The predicted molar refractivity (Wildman–Crippen MR) is 463 cm³/mol. The smallest absolute Gasteiger partial charge is 0.0149 e. The summed E-state index contributed by atoms with van der Waals surface area (Å²) >= 11 is 0. The number of fused-ring (bicyclic) bond motifs is 7. The molecule has 0 heterocycles. The van der Waals surface area contributed by atoms with Gasteiger partial charge in [0.15, 0.2) is 0 Å². The van der Waals surface area contributed by atoms with Crippen LogP contribution in [0.15, 0.2) is 158 Å². The fourth-order valence-electron chi connectivity index (χ4n) is 21.3. The van der Waals surface area contributed by atoms with Gasteiger partial charge in [-0.15, -0.1) is 0 Å². The molecule has 11 unspecified atom stereocenters. The Balaban J connectivity index is 0.000000149. The molecule has 0 amide bonds. The molecule has 16 rings (SSSR count). The van der Waals surface area contributed by atoms with E-state index in [1.807, 2.05) is 6.07 Å². The van der Waals surface area contributed by atoms with Crippen LogP contribution >= 0.6 is 0 Å². The molecular weight excluding hydrogens is 1250 g/mol. The Bertz CT molecular complexity index is 3310. The summed E-state index contributed by atoms with van der Waals surface area (Å²) in [6, 6.07) is 56.0. The highest BCUT2D eigenvalue weighted by atomic mass is 14.5. The highest BCUT2D eigenvalue weighted by Crippen LogP contribution is 2.51. The largest absolute Gasteiger partial charge is 0.0625 e. The second-order valence-electron chi connectivity index (χ2n) is 38.0. The Morgan fingerprint density at radius 3 is 1.10 bits per heavy atom. The molecule has 0 spiro atoms. The first kappa shape index (κ1) is 84.9. The fraction of sp³-hybridized carbons (Fsp3) is 0.654. The zero-order chi connectivity index (χ0) is 74.7. The zero-order valence-electron chi connectivity index (χ0n) is 70.5. The third-order valence-corrected chi connectivity index (χ3v) is 28.1. The van der Waals surface area contributed by atoms with Gasteiger partial charge in [-0.05, 0) is 249 Å². The number of hydrogen-bond acceptors (Lipinski definition) is 0. The molecule has 7 aromatic carbocycles. The summed E-state index contributed by atoms with van der Waals surface area (Å²) in [5, 5.41) is 8.06. The van der Waals surface area contributed by atoms with E-state index in [0.717, 1.165) is 107 Å². The van der Waals surface area contributed by atoms with Crippen molar-refractivity contribution >= 4 is 32.3 Å². The second-order valence-corrected chi connectivity index (χ2v) is 38.0. The van der Waals surface area contributed by atoms with E-state index < -0.39 is 0 Å². The van der Waals surface area contributed by atoms with Crippen LogP contribution in [0.4, 0.5) is 0 Å². The van der Waals surface area contributed by atoms with Gasteiger partial charge in [-0.3, -0.25) is 0 Å². The molecule has 11 atom stereocenters. The molecule has 574 valence electrons. The lowest BCUT2D eigenvalue weighted by atomic mass is 9.69. The molecule has 9 aliphatic rings. The predicted octanol–water partition coefficient (Wildman–Crippen LogP) is 33.0. The van der Waals surface area contributed by atoms with E-state index in [0.29, 0.717) is 23.7 Å². The van der Waals surface area contributed by atoms with Gasteiger partial charge in [0.25, 0.3) is 0 Å². The van der Waals surface area contributed by atoms with E-state index in [2.05, 4.69) is 276 Å². The van der Waals surface area contributed by atoms with Crippen LogP contribution in [0.25, 0.3) is 32.3 Å². The Morgan fingerprint density at radius 1 is 0.221 bits per heavy atom. The quantitative estimate of drug-likeness (QED) is 0.135. The highest BCUT2D eigenvalue weighted by molar-refractivity contribution is 5.86. The van der Waals surface area contributed by atoms with E-state index in [9.17, 15) is 0 Å². The first-order chi connectivity index (χ1) is 50.1. The minimum atomic E-state index is 0.603. The number of rotatable bonds is 9. The molecular formula is C104H158. The van der Waals surface area contributed by atoms with Crippen LogP contribution in [0.2, 0.25) is 0 Å². The molecule has 9 fully saturated rings. The molecule has 0 aromatic heterocycles. The maximum Gasteiger partial charge on any atom is -0.0149 e. The summed E-state index contributed by atoms with van der Waals surface area (Å²) in [7, 11) is 0. The Kier molecular flexibility index (Phi) is 36.0. The molecule has 0 saturated heterocycles. The van der Waals surface area contributed by atoms with Crippen LogP contribution in [0.3, 0.4) is 0 Å². The molecule has 0 radical (unpaired) electrons. The number of benzene rings is 7. The molecule has 0 heteroatoms. The third kappa shape index (κ3) is 26.3. The van der Waals surface area contributed by atoms with Gasteiger partial charge in [0.05, 0.1) is 0 Å². The van der Waals surface area contributed by atoms with Gasteiger partial charge in [-0.2, -0.15) is 0 Å². The number of hydrogen-bond donors (Lipinski definition) is 0. The van der Waals surface area contributed by atoms with E-state index in [4.69, 9.17) is 0 Å². The summed E-state index contributed by atoms with van der Waals surface area (Å²) in [4.78, 5) is 0. The van der Waals surface area contributed by atoms with Gasteiger partial charge in [-0.1, -0.05) is 398 Å². The topological polar surface area (TPSA) is 0 Å². The van der Waals surface area contributed by atoms with Gasteiger partial charge in [0.2, 0.25) is 0 Å². The van der Waals surface area contributed by atoms with E-state index in [-0.39, 0.29) is 0 Å². The second kappa shape index (κ2) is 44.1. The lowest BCUT2D eigenvalue weighted by Gasteiger charge is -2.36. The molecule has 7 aromatic rings. The average Bonchev–Trinajstić information content (AvgIpc) is 1.75. The normalized spacial score (nSPS) is 26.0. The van der Waals surface area contributed by atoms with Crippen molar-refractivity contribution in [2.75, 3.05) is 0 Å². The molecule has 104 heavy (non-hydrogen) atoms. The Labute approximate surface area is 642 Å². The van der Waals surface area contributed by atoms with E-state index in [1.165, 1.54) is 144 Å². The van der Waals surface area contributed by atoms with Crippen molar-refractivity contribution in [3.63, 3.8) is 0 Å². The monoisotopic (exact) mass is 1410 g/mol. The highest BCUT2D eigenvalue weighted by Gasteiger charge is 2.40. The molecule has 0 nitrogen and oxygen atoms in total. The first-order valence-electron chi connectivity index (χ1n) is 44.6. The van der Waals surface area contributed by atoms with Gasteiger partial charge >= 0.3 is 0 Å². The SMILES string of the molecule is CC(C)C1CC2CCCCC2C1.CC(C)C1CCC2CCCC2C1.CC(C)C1CCC2CCCCC21.CC(C)C1CCCC1.CC(C)C1CCCC2CCCC21.CC(C)c1ccc2ccccc2c1.CC(C)c1ccc2ccccc2c1.CC(C)c1cccc2ccccc12.CC(C)c1ccccc1. The van der Waals surface area contributed by atoms with Crippen molar-refractivity contribution in [2.45, 2.75) is 328 Å². The van der Waals surface area contributed by atoms with Crippen LogP contribution < -0.4 is 0 Å². The standard InChI is InChI=1S/3C13H14.4C12H22.C9H12.C8H16/c1-10(2)12-9-5-7-11-6-3-4-8-13(11)12;2*1-10(2)12-8-7-11-5-3-4-6-13(11)9-12;1-9(2)11-7-3-5-10-6-4-8-12(10)11;1-9(2)11-7-6-10-4-3-5-12(10)8-11;1-9(2)12-7-10-5-3-4-6-11(10)8-12;1-9(2)11-8-7-10-5-3-4-6-12(10)11;1-8(2)9-6-4-3-5-7-9;1-7(2)8-5-3-4-6-8/h3*3-10H,1-2H3;4*9-12H,3-8H2,1-2H3;3-8H,1-2H3;7-8H,3-6H2,1-2H3. The summed E-state index contributed by atoms with van der Waals surface area (Å²) in [6.45, 7) is 41.8. The van der Waals surface area contributed by atoms with Crippen LogP contribution in [0, 0.1) is 107 Å². The fourth-order valence-corrected chi connectivity index (χ4v) is 21.3. The minimum Gasteiger partial charge on any atom is -0.0625 e. The maximum atomic E-state index is 2.42. The van der Waals surface area contributed by atoms with E-state index in [1.54, 1.807) is 89.9 Å². The molecule has 9 saturated carbocycles. The maximum absolute atomic E-state index is 2.42. The third-order valence-electron chi connectivity index (χ3n) is 28.1. The van der Waals surface area contributed by atoms with Crippen molar-refractivity contribution in [1.29, 1.82) is 0 Å². The Hall–Kier alpha value is -4.68. The van der Waals surface area contributed by atoms with Gasteiger partial charge in [0.1, 0.15) is 0 Å². The van der Waals surface area contributed by atoms with Gasteiger partial charge < -0.3 is 0 Å². The lowest BCUT2D eigenvalue weighted by molar-refractivity contribution is 0.138. The van der Waals surface area contributed by atoms with E-state index >= 15 is 0 Å². The minimum absolute atomic E-state index is 0.603.